The molecular weight excluding hydrogens is 348 g/mol. The molecule has 1 heterocycles. The maximum atomic E-state index is 12.3. The van der Waals surface area contributed by atoms with Gasteiger partial charge in [0.2, 0.25) is 0 Å². The minimum absolute atomic E-state index is 0.0476. The number of carbonyl (C=O) groups is 1. The molecule has 2 aromatic carbocycles. The number of anilines is 1. The van der Waals surface area contributed by atoms with Crippen molar-refractivity contribution in [2.75, 3.05) is 19.0 Å². The predicted octanol–water partition coefficient (Wildman–Crippen LogP) is 2.89. The zero-order valence-electron chi connectivity index (χ0n) is 14.7. The summed E-state index contributed by atoms with van der Waals surface area (Å²) < 4.78 is 0.357. The van der Waals surface area contributed by atoms with Gasteiger partial charge in [-0.1, -0.05) is 24.3 Å². The first-order valence-corrected chi connectivity index (χ1v) is 8.09. The Kier molecular flexibility index (Phi) is 4.60. The molecule has 0 aliphatic carbocycles. The lowest BCUT2D eigenvalue weighted by atomic mass is 9.97. The minimum Gasteiger partial charge on any atom is -0.508 e. The van der Waals surface area contributed by atoms with Gasteiger partial charge in [0, 0.05) is 30.9 Å². The van der Waals surface area contributed by atoms with Crippen LogP contribution in [0.1, 0.15) is 10.4 Å². The number of hydrogen-bond donors (Lipinski definition) is 3. The van der Waals surface area contributed by atoms with Crippen molar-refractivity contribution >= 4 is 11.7 Å². The lowest BCUT2D eigenvalue weighted by Crippen LogP contribution is -2.26. The highest BCUT2D eigenvalue weighted by atomic mass is 16.5. The Morgan fingerprint density at radius 1 is 0.963 bits per heavy atom. The molecule has 0 aliphatic rings. The van der Waals surface area contributed by atoms with Crippen molar-refractivity contribution in [3.05, 3.63) is 70.5 Å². The van der Waals surface area contributed by atoms with Gasteiger partial charge in [0.1, 0.15) is 11.3 Å². The Morgan fingerprint density at radius 2 is 1.52 bits per heavy atom. The van der Waals surface area contributed by atoms with Crippen LogP contribution in [0.25, 0.3) is 22.4 Å². The van der Waals surface area contributed by atoms with E-state index in [0.717, 1.165) is 5.69 Å². The maximum Gasteiger partial charge on any atom is 0.341 e. The number of rotatable bonds is 4. The number of benzene rings is 2. The standard InChI is InChI=1S/C20H18N2O5/c1-21(2)14-7-3-13(4-8-14)18-16(12-5-9-15(23)10-6-12)11-17(20(25)26)19(24)22(18)27/h3-11,23,27H,1-2H3,(H,25,26). The number of carboxylic acids is 1. The molecule has 138 valence electrons. The minimum atomic E-state index is -1.43. The second kappa shape index (κ2) is 6.87. The molecule has 3 aromatic rings. The Labute approximate surface area is 154 Å². The van der Waals surface area contributed by atoms with Gasteiger partial charge >= 0.3 is 5.97 Å². The second-order valence-electron chi connectivity index (χ2n) is 6.23. The molecule has 0 saturated heterocycles. The highest BCUT2D eigenvalue weighted by molar-refractivity contribution is 5.92. The van der Waals surface area contributed by atoms with Crippen molar-refractivity contribution in [2.24, 2.45) is 0 Å². The van der Waals surface area contributed by atoms with Crippen LogP contribution in [0, 0.1) is 0 Å². The van der Waals surface area contributed by atoms with Gasteiger partial charge in [0.25, 0.3) is 5.56 Å². The summed E-state index contributed by atoms with van der Waals surface area (Å²) in [6.07, 6.45) is 0. The van der Waals surface area contributed by atoms with Crippen LogP contribution >= 0.6 is 0 Å². The van der Waals surface area contributed by atoms with E-state index in [1.165, 1.54) is 18.2 Å². The number of aromatic carboxylic acids is 1. The van der Waals surface area contributed by atoms with Gasteiger partial charge in [-0.05, 0) is 35.9 Å². The van der Waals surface area contributed by atoms with Crippen LogP contribution in [-0.2, 0) is 0 Å². The van der Waals surface area contributed by atoms with Crippen LogP contribution in [-0.4, -0.2) is 40.2 Å². The summed E-state index contributed by atoms with van der Waals surface area (Å²) in [7, 11) is 3.78. The summed E-state index contributed by atoms with van der Waals surface area (Å²) in [5.41, 5.74) is 0.975. The number of hydrogen-bond acceptors (Lipinski definition) is 5. The normalized spacial score (nSPS) is 10.6. The van der Waals surface area contributed by atoms with E-state index < -0.39 is 17.1 Å². The molecule has 0 saturated carbocycles. The number of phenols is 1. The van der Waals surface area contributed by atoms with Crippen molar-refractivity contribution in [3.8, 4) is 28.1 Å². The number of aromatic hydroxyl groups is 1. The second-order valence-corrected chi connectivity index (χ2v) is 6.23. The first-order valence-electron chi connectivity index (χ1n) is 8.09. The Hall–Kier alpha value is -3.74. The van der Waals surface area contributed by atoms with Gasteiger partial charge in [0.05, 0.1) is 5.69 Å². The topological polar surface area (TPSA) is 103 Å². The van der Waals surface area contributed by atoms with Crippen LogP contribution in [0.4, 0.5) is 5.69 Å². The highest BCUT2D eigenvalue weighted by Gasteiger charge is 2.21. The zero-order chi connectivity index (χ0) is 19.7. The quantitative estimate of drug-likeness (QED) is 0.614. The molecular formula is C20H18N2O5. The van der Waals surface area contributed by atoms with E-state index in [9.17, 15) is 25.0 Å². The van der Waals surface area contributed by atoms with Gasteiger partial charge < -0.3 is 20.3 Å². The molecule has 0 spiro atoms. The third-order valence-electron chi connectivity index (χ3n) is 4.24. The molecule has 0 amide bonds. The van der Waals surface area contributed by atoms with Crippen molar-refractivity contribution < 1.29 is 20.2 Å². The van der Waals surface area contributed by atoms with Gasteiger partial charge in [-0.2, -0.15) is 0 Å². The third kappa shape index (κ3) is 3.35. The van der Waals surface area contributed by atoms with E-state index in [4.69, 9.17) is 0 Å². The molecule has 3 N–H and O–H groups in total. The van der Waals surface area contributed by atoms with Crippen LogP contribution in [0.2, 0.25) is 0 Å². The Morgan fingerprint density at radius 3 is 2.04 bits per heavy atom. The largest absolute Gasteiger partial charge is 0.508 e. The predicted molar refractivity (Wildman–Crippen MR) is 102 cm³/mol. The van der Waals surface area contributed by atoms with E-state index in [2.05, 4.69) is 0 Å². The summed E-state index contributed by atoms with van der Waals surface area (Å²) in [6.45, 7) is 0. The molecule has 0 aliphatic heterocycles. The molecule has 0 unspecified atom stereocenters. The van der Waals surface area contributed by atoms with Gasteiger partial charge in [-0.3, -0.25) is 4.79 Å². The molecule has 1 aromatic heterocycles. The van der Waals surface area contributed by atoms with E-state index in [1.807, 2.05) is 31.1 Å². The van der Waals surface area contributed by atoms with Gasteiger partial charge in [0.15, 0.2) is 0 Å². The van der Waals surface area contributed by atoms with Crippen molar-refractivity contribution in [1.82, 2.24) is 4.73 Å². The monoisotopic (exact) mass is 366 g/mol. The van der Waals surface area contributed by atoms with E-state index >= 15 is 0 Å². The fourth-order valence-electron chi connectivity index (χ4n) is 2.81. The lowest BCUT2D eigenvalue weighted by molar-refractivity contribution is 0.0688. The van der Waals surface area contributed by atoms with Crippen molar-refractivity contribution in [3.63, 3.8) is 0 Å². The maximum absolute atomic E-state index is 12.3. The van der Waals surface area contributed by atoms with Crippen molar-refractivity contribution in [1.29, 1.82) is 0 Å². The number of aromatic nitrogens is 1. The van der Waals surface area contributed by atoms with E-state index in [0.29, 0.717) is 21.4 Å². The van der Waals surface area contributed by atoms with Crippen LogP contribution in [0.5, 0.6) is 5.75 Å². The molecule has 0 bridgehead atoms. The molecule has 0 fully saturated rings. The van der Waals surface area contributed by atoms with Gasteiger partial charge in [-0.25, -0.2) is 4.79 Å². The zero-order valence-corrected chi connectivity index (χ0v) is 14.7. The van der Waals surface area contributed by atoms with Crippen molar-refractivity contribution in [2.45, 2.75) is 0 Å². The summed E-state index contributed by atoms with van der Waals surface area (Å²) in [5, 5.41) is 29.2. The van der Waals surface area contributed by atoms with E-state index in [1.54, 1.807) is 24.3 Å². The molecule has 27 heavy (non-hydrogen) atoms. The summed E-state index contributed by atoms with van der Waals surface area (Å²) in [5.74, 6) is -1.39. The summed E-state index contributed by atoms with van der Waals surface area (Å²) in [6, 6.07) is 14.4. The fourth-order valence-corrected chi connectivity index (χ4v) is 2.81. The lowest BCUT2D eigenvalue weighted by Gasteiger charge is -2.16. The summed E-state index contributed by atoms with van der Waals surface area (Å²) in [4.78, 5) is 25.6. The third-order valence-corrected chi connectivity index (χ3v) is 4.24. The Balaban J connectivity index is 2.31. The molecule has 0 radical (unpaired) electrons. The fraction of sp³-hybridized carbons (Fsp3) is 0.100. The van der Waals surface area contributed by atoms with Crippen LogP contribution in [0.15, 0.2) is 59.4 Å². The van der Waals surface area contributed by atoms with Gasteiger partial charge in [-0.15, -0.1) is 4.73 Å². The van der Waals surface area contributed by atoms with Crippen LogP contribution < -0.4 is 10.5 Å². The molecule has 0 atom stereocenters. The first-order chi connectivity index (χ1) is 12.8. The summed E-state index contributed by atoms with van der Waals surface area (Å²) >= 11 is 0. The molecule has 7 nitrogen and oxygen atoms in total. The number of pyridine rings is 1. The van der Waals surface area contributed by atoms with Crippen LogP contribution in [0.3, 0.4) is 0 Å². The highest BCUT2D eigenvalue weighted by Crippen LogP contribution is 2.33. The SMILES string of the molecule is CN(C)c1ccc(-c2c(-c3ccc(O)cc3)cc(C(=O)O)c(=O)n2O)cc1. The first kappa shape index (κ1) is 18.1. The number of carboxylic acid groups (broad SMARTS) is 1. The smallest absolute Gasteiger partial charge is 0.341 e. The number of phenolic OH excluding ortho intramolecular Hbond substituents is 1. The average Bonchev–Trinajstić information content (AvgIpc) is 2.64. The van der Waals surface area contributed by atoms with E-state index in [-0.39, 0.29) is 11.4 Å². The molecule has 3 rings (SSSR count). The molecule has 7 heteroatoms. The number of nitrogens with zero attached hydrogens (tertiary/aromatic N) is 2. The average molecular weight is 366 g/mol. The Bertz CT molecular complexity index is 1050.